The van der Waals surface area contributed by atoms with E-state index in [9.17, 15) is 9.59 Å². The van der Waals surface area contributed by atoms with Gasteiger partial charge in [-0.05, 0) is 5.92 Å². The maximum atomic E-state index is 12.3. The highest BCUT2D eigenvalue weighted by molar-refractivity contribution is 5.88. The number of primary amides is 1. The summed E-state index contributed by atoms with van der Waals surface area (Å²) in [5.74, 6) is -0.758. The smallest absolute Gasteiger partial charge is 0.242 e. The minimum Gasteiger partial charge on any atom is -0.377 e. The normalized spacial score (nSPS) is 22.6. The molecule has 0 bridgehead atoms. The quantitative estimate of drug-likeness (QED) is 0.656. The Morgan fingerprint density at radius 1 is 1.47 bits per heavy atom. The van der Waals surface area contributed by atoms with Crippen LogP contribution < -0.4 is 11.5 Å². The fourth-order valence-corrected chi connectivity index (χ4v) is 1.97. The molecule has 2 amide bonds. The minimum atomic E-state index is -0.663. The summed E-state index contributed by atoms with van der Waals surface area (Å²) in [5.41, 5.74) is 10.9. The molecule has 6 nitrogen and oxygen atoms in total. The first kappa shape index (κ1) is 13.9. The molecular weight excluding hydrogens is 222 g/mol. The van der Waals surface area contributed by atoms with Crippen molar-refractivity contribution in [2.75, 3.05) is 26.3 Å². The van der Waals surface area contributed by atoms with Crippen LogP contribution in [0.3, 0.4) is 0 Å². The van der Waals surface area contributed by atoms with Gasteiger partial charge < -0.3 is 21.1 Å². The molecule has 1 fully saturated rings. The van der Waals surface area contributed by atoms with Crippen molar-refractivity contribution in [2.45, 2.75) is 19.9 Å². The molecule has 0 spiro atoms. The molecule has 4 N–H and O–H groups in total. The van der Waals surface area contributed by atoms with Crippen molar-refractivity contribution < 1.29 is 14.3 Å². The molecule has 0 aliphatic carbocycles. The molecule has 1 rings (SSSR count). The summed E-state index contributed by atoms with van der Waals surface area (Å²) in [6, 6.07) is -0.663. The lowest BCUT2D eigenvalue weighted by Crippen LogP contribution is -2.57. The minimum absolute atomic E-state index is 0.102. The third kappa shape index (κ3) is 3.17. The lowest BCUT2D eigenvalue weighted by Gasteiger charge is -2.36. The largest absolute Gasteiger partial charge is 0.377 e. The highest BCUT2D eigenvalue weighted by Crippen LogP contribution is 2.17. The van der Waals surface area contributed by atoms with Crippen LogP contribution in [0.4, 0.5) is 0 Å². The molecule has 1 heterocycles. The van der Waals surface area contributed by atoms with E-state index < -0.39 is 11.9 Å². The maximum Gasteiger partial charge on any atom is 0.242 e. The first-order valence-electron chi connectivity index (χ1n) is 5.86. The van der Waals surface area contributed by atoms with E-state index in [0.29, 0.717) is 13.2 Å². The van der Waals surface area contributed by atoms with E-state index >= 15 is 0 Å². The van der Waals surface area contributed by atoms with Crippen molar-refractivity contribution in [3.63, 3.8) is 0 Å². The molecule has 0 aromatic carbocycles. The van der Waals surface area contributed by atoms with E-state index in [1.807, 2.05) is 13.8 Å². The maximum absolute atomic E-state index is 12.3. The van der Waals surface area contributed by atoms with Crippen molar-refractivity contribution in [3.8, 4) is 0 Å². The van der Waals surface area contributed by atoms with E-state index in [4.69, 9.17) is 16.2 Å². The highest BCUT2D eigenvalue weighted by atomic mass is 16.5. The number of amides is 2. The lowest BCUT2D eigenvalue weighted by atomic mass is 9.93. The van der Waals surface area contributed by atoms with Crippen LogP contribution in [-0.4, -0.2) is 49.1 Å². The first-order chi connectivity index (χ1) is 7.99. The molecule has 0 radical (unpaired) electrons. The third-order valence-electron chi connectivity index (χ3n) is 3.12. The van der Waals surface area contributed by atoms with Gasteiger partial charge in [-0.15, -0.1) is 0 Å². The SMILES string of the molecule is CC(C)C(CN)C(=O)N1CCOCC1C(N)=O. The summed E-state index contributed by atoms with van der Waals surface area (Å²) in [6.45, 7) is 5.17. The average Bonchev–Trinajstić information content (AvgIpc) is 2.29. The Bertz CT molecular complexity index is 294. The number of nitrogens with two attached hydrogens (primary N) is 2. The van der Waals surface area contributed by atoms with Gasteiger partial charge in [0.1, 0.15) is 6.04 Å². The fourth-order valence-electron chi connectivity index (χ4n) is 1.97. The van der Waals surface area contributed by atoms with Gasteiger partial charge in [0.15, 0.2) is 0 Å². The zero-order valence-electron chi connectivity index (χ0n) is 10.4. The summed E-state index contributed by atoms with van der Waals surface area (Å²) in [6.07, 6.45) is 0. The molecular formula is C11H21N3O3. The van der Waals surface area contributed by atoms with Gasteiger partial charge in [0.25, 0.3) is 0 Å². The highest BCUT2D eigenvalue weighted by Gasteiger charge is 2.35. The van der Waals surface area contributed by atoms with Gasteiger partial charge in [-0.1, -0.05) is 13.8 Å². The van der Waals surface area contributed by atoms with Crippen molar-refractivity contribution in [1.82, 2.24) is 4.90 Å². The van der Waals surface area contributed by atoms with Crippen LogP contribution in [0.1, 0.15) is 13.8 Å². The van der Waals surface area contributed by atoms with Crippen LogP contribution in [0.5, 0.6) is 0 Å². The van der Waals surface area contributed by atoms with Gasteiger partial charge in [-0.2, -0.15) is 0 Å². The summed E-state index contributed by atoms with van der Waals surface area (Å²) in [5, 5.41) is 0. The molecule has 0 aromatic heterocycles. The van der Waals surface area contributed by atoms with E-state index in [2.05, 4.69) is 0 Å². The van der Waals surface area contributed by atoms with E-state index in [-0.39, 0.29) is 30.9 Å². The molecule has 0 saturated carbocycles. The van der Waals surface area contributed by atoms with Crippen molar-refractivity contribution >= 4 is 11.8 Å². The number of hydrogen-bond acceptors (Lipinski definition) is 4. The molecule has 98 valence electrons. The van der Waals surface area contributed by atoms with Crippen molar-refractivity contribution in [1.29, 1.82) is 0 Å². The van der Waals surface area contributed by atoms with Crippen LogP contribution in [0.25, 0.3) is 0 Å². The summed E-state index contributed by atoms with van der Waals surface area (Å²) in [7, 11) is 0. The number of carbonyl (C=O) groups is 2. The Kier molecular flexibility index (Phi) is 4.89. The van der Waals surface area contributed by atoms with Crippen LogP contribution in [0, 0.1) is 11.8 Å². The van der Waals surface area contributed by atoms with Crippen LogP contribution in [0.2, 0.25) is 0 Å². The van der Waals surface area contributed by atoms with Gasteiger partial charge in [0.05, 0.1) is 19.1 Å². The molecule has 6 heteroatoms. The van der Waals surface area contributed by atoms with Crippen molar-refractivity contribution in [2.24, 2.45) is 23.3 Å². The zero-order valence-corrected chi connectivity index (χ0v) is 10.4. The Morgan fingerprint density at radius 2 is 2.12 bits per heavy atom. The number of hydrogen-bond donors (Lipinski definition) is 2. The molecule has 0 aromatic rings. The average molecular weight is 243 g/mol. The predicted octanol–water partition coefficient (Wildman–Crippen LogP) is -1.07. The summed E-state index contributed by atoms with van der Waals surface area (Å²) < 4.78 is 5.17. The second-order valence-electron chi connectivity index (χ2n) is 4.61. The van der Waals surface area contributed by atoms with E-state index in [1.54, 1.807) is 0 Å². The number of morpholine rings is 1. The third-order valence-corrected chi connectivity index (χ3v) is 3.12. The Balaban J connectivity index is 2.80. The predicted molar refractivity (Wildman–Crippen MR) is 62.9 cm³/mol. The first-order valence-corrected chi connectivity index (χ1v) is 5.86. The molecule has 17 heavy (non-hydrogen) atoms. The molecule has 1 saturated heterocycles. The zero-order chi connectivity index (χ0) is 13.0. The fraction of sp³-hybridized carbons (Fsp3) is 0.818. The molecule has 2 unspecified atom stereocenters. The Labute approximate surface area is 101 Å². The van der Waals surface area contributed by atoms with Crippen LogP contribution in [0.15, 0.2) is 0 Å². The van der Waals surface area contributed by atoms with Gasteiger partial charge in [0, 0.05) is 13.1 Å². The lowest BCUT2D eigenvalue weighted by molar-refractivity contribution is -0.151. The van der Waals surface area contributed by atoms with E-state index in [1.165, 1.54) is 4.90 Å². The second kappa shape index (κ2) is 5.97. The van der Waals surface area contributed by atoms with Crippen LogP contribution in [-0.2, 0) is 14.3 Å². The van der Waals surface area contributed by atoms with Crippen molar-refractivity contribution in [3.05, 3.63) is 0 Å². The Hall–Kier alpha value is -1.14. The number of rotatable bonds is 4. The van der Waals surface area contributed by atoms with Gasteiger partial charge in [-0.25, -0.2) is 0 Å². The van der Waals surface area contributed by atoms with Gasteiger partial charge in [-0.3, -0.25) is 9.59 Å². The summed E-state index contributed by atoms with van der Waals surface area (Å²) >= 11 is 0. The van der Waals surface area contributed by atoms with E-state index in [0.717, 1.165) is 0 Å². The van der Waals surface area contributed by atoms with Crippen LogP contribution >= 0.6 is 0 Å². The monoisotopic (exact) mass is 243 g/mol. The molecule has 1 aliphatic rings. The number of ether oxygens (including phenoxy) is 1. The second-order valence-corrected chi connectivity index (χ2v) is 4.61. The standard InChI is InChI=1S/C11H21N3O3/c1-7(2)8(5-12)11(16)14-3-4-17-6-9(14)10(13)15/h7-9H,3-6,12H2,1-2H3,(H2,13,15). The molecule has 1 aliphatic heterocycles. The Morgan fingerprint density at radius 3 is 2.59 bits per heavy atom. The number of carbonyl (C=O) groups excluding carboxylic acids is 2. The van der Waals surface area contributed by atoms with Gasteiger partial charge in [0.2, 0.25) is 11.8 Å². The summed E-state index contributed by atoms with van der Waals surface area (Å²) in [4.78, 5) is 25.0. The topological polar surface area (TPSA) is 98.7 Å². The number of nitrogens with zero attached hydrogens (tertiary/aromatic N) is 1. The van der Waals surface area contributed by atoms with Gasteiger partial charge >= 0.3 is 0 Å². The molecule has 2 atom stereocenters.